The molecule has 22 heavy (non-hydrogen) atoms. The standard InChI is InChI=1S/C17H13N3O2/c1-9-6-7-10(8-18-9)13-11-4-2-3-5-12(11)15-14(13)16(17(21)22)20-19-15/h2-6,8H,7H2,1H3,(H,19,20)(H,21,22). The minimum Gasteiger partial charge on any atom is -0.477 e. The first-order chi connectivity index (χ1) is 10.7. The van der Waals surface area contributed by atoms with E-state index in [2.05, 4.69) is 15.2 Å². The van der Waals surface area contributed by atoms with Gasteiger partial charge in [0, 0.05) is 23.0 Å². The average molecular weight is 291 g/mol. The summed E-state index contributed by atoms with van der Waals surface area (Å²) in [7, 11) is 0. The van der Waals surface area contributed by atoms with Crippen LogP contribution < -0.4 is 0 Å². The SMILES string of the molecule is CC1=CCC(=C2c3ccccc3-c3n[nH]c(C(=O)O)c32)C=N1. The number of rotatable bonds is 1. The number of nitrogens with zero attached hydrogens (tertiary/aromatic N) is 2. The van der Waals surface area contributed by atoms with Gasteiger partial charge in [-0.3, -0.25) is 10.1 Å². The highest BCUT2D eigenvalue weighted by atomic mass is 16.4. The molecule has 5 nitrogen and oxygen atoms in total. The fourth-order valence-electron chi connectivity index (χ4n) is 3.02. The van der Waals surface area contributed by atoms with E-state index in [1.165, 1.54) is 0 Å². The maximum Gasteiger partial charge on any atom is 0.354 e. The lowest BCUT2D eigenvalue weighted by Crippen LogP contribution is -2.03. The number of hydrogen-bond donors (Lipinski definition) is 2. The fraction of sp³-hybridized carbons (Fsp3) is 0.118. The van der Waals surface area contributed by atoms with Crippen LogP contribution in [-0.2, 0) is 0 Å². The largest absolute Gasteiger partial charge is 0.477 e. The van der Waals surface area contributed by atoms with Crippen LogP contribution in [-0.4, -0.2) is 27.5 Å². The van der Waals surface area contributed by atoms with E-state index < -0.39 is 5.97 Å². The van der Waals surface area contributed by atoms with Crippen LogP contribution in [0.25, 0.3) is 16.8 Å². The molecule has 0 atom stereocenters. The molecule has 0 unspecified atom stereocenters. The van der Waals surface area contributed by atoms with Gasteiger partial charge in [-0.25, -0.2) is 4.79 Å². The maximum absolute atomic E-state index is 11.5. The number of aromatic carboxylic acids is 1. The predicted molar refractivity (Wildman–Crippen MR) is 83.9 cm³/mol. The Balaban J connectivity index is 2.04. The van der Waals surface area contributed by atoms with Crippen molar-refractivity contribution in [3.05, 3.63) is 58.4 Å². The van der Waals surface area contributed by atoms with Crippen molar-refractivity contribution < 1.29 is 9.90 Å². The van der Waals surface area contributed by atoms with Crippen LogP contribution in [0.3, 0.4) is 0 Å². The second-order valence-corrected chi connectivity index (χ2v) is 5.38. The van der Waals surface area contributed by atoms with E-state index in [0.29, 0.717) is 11.3 Å². The number of carboxylic acids is 1. The molecule has 0 amide bonds. The maximum atomic E-state index is 11.5. The van der Waals surface area contributed by atoms with Crippen molar-refractivity contribution in [1.29, 1.82) is 0 Å². The molecular weight excluding hydrogens is 278 g/mol. The third-order valence-corrected chi connectivity index (χ3v) is 4.04. The van der Waals surface area contributed by atoms with Gasteiger partial charge >= 0.3 is 5.97 Å². The molecule has 4 rings (SSSR count). The number of allylic oxidation sites excluding steroid dienone is 3. The zero-order chi connectivity index (χ0) is 15.3. The topological polar surface area (TPSA) is 78.3 Å². The molecule has 1 aromatic heterocycles. The van der Waals surface area contributed by atoms with Crippen molar-refractivity contribution in [2.45, 2.75) is 13.3 Å². The van der Waals surface area contributed by atoms with Crippen molar-refractivity contribution in [3.63, 3.8) is 0 Å². The Hall–Kier alpha value is -2.95. The number of nitrogens with one attached hydrogen (secondary N) is 1. The van der Waals surface area contributed by atoms with Gasteiger partial charge in [0.15, 0.2) is 5.69 Å². The van der Waals surface area contributed by atoms with Gasteiger partial charge in [-0.15, -0.1) is 0 Å². The highest BCUT2D eigenvalue weighted by Gasteiger charge is 2.33. The average Bonchev–Trinajstić information content (AvgIpc) is 3.06. The van der Waals surface area contributed by atoms with E-state index in [9.17, 15) is 9.90 Å². The molecule has 2 aromatic rings. The summed E-state index contributed by atoms with van der Waals surface area (Å²) in [5.74, 6) is -1.00. The Kier molecular flexibility index (Phi) is 2.63. The molecule has 1 aromatic carbocycles. The lowest BCUT2D eigenvalue weighted by molar-refractivity contribution is 0.0690. The fourth-order valence-corrected chi connectivity index (χ4v) is 3.02. The van der Waals surface area contributed by atoms with Crippen LogP contribution in [0, 0.1) is 0 Å². The first kappa shape index (κ1) is 12.8. The molecule has 108 valence electrons. The second kappa shape index (κ2) is 4.53. The number of aromatic amines is 1. The summed E-state index contributed by atoms with van der Waals surface area (Å²) in [5, 5.41) is 16.3. The van der Waals surface area contributed by atoms with Gasteiger partial charge in [0.05, 0.1) is 0 Å². The Morgan fingerprint density at radius 2 is 2.05 bits per heavy atom. The number of hydrogen-bond acceptors (Lipinski definition) is 3. The summed E-state index contributed by atoms with van der Waals surface area (Å²) in [6.07, 6.45) is 4.61. The Morgan fingerprint density at radius 3 is 2.73 bits per heavy atom. The number of H-pyrrole nitrogens is 1. The monoisotopic (exact) mass is 291 g/mol. The molecule has 1 aliphatic carbocycles. The lowest BCUT2D eigenvalue weighted by Gasteiger charge is -2.11. The van der Waals surface area contributed by atoms with Gasteiger partial charge in [-0.1, -0.05) is 30.3 Å². The van der Waals surface area contributed by atoms with Gasteiger partial charge < -0.3 is 5.11 Å². The van der Waals surface area contributed by atoms with Gasteiger partial charge in [0.25, 0.3) is 0 Å². The smallest absolute Gasteiger partial charge is 0.354 e. The van der Waals surface area contributed by atoms with E-state index >= 15 is 0 Å². The molecule has 0 spiro atoms. The summed E-state index contributed by atoms with van der Waals surface area (Å²) in [6, 6.07) is 7.86. The van der Waals surface area contributed by atoms with Crippen molar-refractivity contribution in [2.75, 3.05) is 0 Å². The van der Waals surface area contributed by atoms with E-state index in [0.717, 1.165) is 34.4 Å². The van der Waals surface area contributed by atoms with Crippen molar-refractivity contribution in [1.82, 2.24) is 10.2 Å². The zero-order valence-corrected chi connectivity index (χ0v) is 11.9. The molecule has 0 fully saturated rings. The molecule has 5 heteroatoms. The van der Waals surface area contributed by atoms with Crippen LogP contribution in [0.15, 0.2) is 46.6 Å². The number of aromatic nitrogens is 2. The molecular formula is C17H13N3O2. The normalized spacial score (nSPS) is 18.9. The molecule has 2 aliphatic rings. The molecule has 2 N–H and O–H groups in total. The molecule has 0 radical (unpaired) electrons. The quantitative estimate of drug-likeness (QED) is 0.722. The summed E-state index contributed by atoms with van der Waals surface area (Å²) in [5.41, 5.74) is 6.40. The first-order valence-corrected chi connectivity index (χ1v) is 7.02. The first-order valence-electron chi connectivity index (χ1n) is 7.02. The Bertz CT molecular complexity index is 900. The van der Waals surface area contributed by atoms with Crippen molar-refractivity contribution in [3.8, 4) is 11.3 Å². The highest BCUT2D eigenvalue weighted by molar-refractivity contribution is 6.11. The predicted octanol–water partition coefficient (Wildman–Crippen LogP) is 3.27. The van der Waals surface area contributed by atoms with Crippen LogP contribution in [0.2, 0.25) is 0 Å². The van der Waals surface area contributed by atoms with E-state index in [1.54, 1.807) is 0 Å². The Labute approximate surface area is 126 Å². The molecule has 2 heterocycles. The van der Waals surface area contributed by atoms with E-state index in [-0.39, 0.29) is 5.69 Å². The third kappa shape index (κ3) is 1.69. The number of benzene rings is 1. The van der Waals surface area contributed by atoms with Crippen LogP contribution in [0.1, 0.15) is 35.0 Å². The second-order valence-electron chi connectivity index (χ2n) is 5.38. The highest BCUT2D eigenvalue weighted by Crippen LogP contribution is 2.46. The van der Waals surface area contributed by atoms with Gasteiger partial charge in [-0.2, -0.15) is 5.10 Å². The van der Waals surface area contributed by atoms with Crippen LogP contribution in [0.5, 0.6) is 0 Å². The van der Waals surface area contributed by atoms with Gasteiger partial charge in [0.1, 0.15) is 5.69 Å². The number of aliphatic imine (C=N–C) groups is 1. The molecule has 1 aliphatic heterocycles. The van der Waals surface area contributed by atoms with E-state index in [4.69, 9.17) is 0 Å². The van der Waals surface area contributed by atoms with Crippen molar-refractivity contribution >= 4 is 17.8 Å². The zero-order valence-electron chi connectivity index (χ0n) is 11.9. The minimum atomic E-state index is -1.00. The van der Waals surface area contributed by atoms with Crippen LogP contribution >= 0.6 is 0 Å². The summed E-state index contributed by atoms with van der Waals surface area (Å²) >= 11 is 0. The van der Waals surface area contributed by atoms with Gasteiger partial charge in [-0.05, 0) is 30.1 Å². The summed E-state index contributed by atoms with van der Waals surface area (Å²) < 4.78 is 0. The number of fused-ring (bicyclic) bond motifs is 3. The summed E-state index contributed by atoms with van der Waals surface area (Å²) in [4.78, 5) is 15.9. The van der Waals surface area contributed by atoms with Crippen LogP contribution in [0.4, 0.5) is 0 Å². The molecule has 0 saturated carbocycles. The van der Waals surface area contributed by atoms with E-state index in [1.807, 2.05) is 43.5 Å². The van der Waals surface area contributed by atoms with Crippen molar-refractivity contribution in [2.24, 2.45) is 4.99 Å². The minimum absolute atomic E-state index is 0.133. The van der Waals surface area contributed by atoms with Gasteiger partial charge in [0.2, 0.25) is 0 Å². The number of carboxylic acid groups (broad SMARTS) is 1. The lowest BCUT2D eigenvalue weighted by atomic mass is 9.95. The third-order valence-electron chi connectivity index (χ3n) is 4.04. The molecule has 0 saturated heterocycles. The summed E-state index contributed by atoms with van der Waals surface area (Å²) in [6.45, 7) is 1.95. The number of carbonyl (C=O) groups is 1. The molecule has 0 bridgehead atoms. The Morgan fingerprint density at radius 1 is 1.27 bits per heavy atom.